The molecule has 1 aromatic carbocycles. The molecule has 0 fully saturated rings. The van der Waals surface area contributed by atoms with E-state index in [1.165, 1.54) is 0 Å². The van der Waals surface area contributed by atoms with E-state index in [9.17, 15) is 0 Å². The predicted octanol–water partition coefficient (Wildman–Crippen LogP) is 3.30. The zero-order valence-corrected chi connectivity index (χ0v) is 10.4. The number of benzene rings is 1. The van der Waals surface area contributed by atoms with Crippen molar-refractivity contribution in [2.45, 2.75) is 27.1 Å². The Bertz CT molecular complexity index is 511. The van der Waals surface area contributed by atoms with Crippen LogP contribution in [0.2, 0.25) is 0 Å². The molecule has 2 aromatic rings. The van der Waals surface area contributed by atoms with Crippen molar-refractivity contribution < 1.29 is 9.47 Å². The smallest absolute Gasteiger partial charge is 0.196 e. The third-order valence-corrected chi connectivity index (χ3v) is 2.51. The van der Waals surface area contributed by atoms with Crippen molar-refractivity contribution in [1.29, 1.82) is 0 Å². The van der Waals surface area contributed by atoms with E-state index in [0.717, 1.165) is 22.3 Å². The molecule has 3 nitrogen and oxygen atoms in total. The number of hydrogen-bond donors (Lipinski definition) is 0. The van der Waals surface area contributed by atoms with Crippen LogP contribution in [-0.2, 0) is 4.74 Å². The van der Waals surface area contributed by atoms with E-state index in [-0.39, 0.29) is 6.29 Å². The second-order valence-electron chi connectivity index (χ2n) is 3.95. The minimum absolute atomic E-state index is 0.234. The second kappa shape index (κ2) is 5.15. The van der Waals surface area contributed by atoms with Crippen molar-refractivity contribution in [3.8, 4) is 5.75 Å². The summed E-state index contributed by atoms with van der Waals surface area (Å²) in [6, 6.07) is 9.96. The maximum atomic E-state index is 5.64. The number of rotatable bonds is 4. The molecule has 3 heteroatoms. The molecule has 0 saturated carbocycles. The van der Waals surface area contributed by atoms with E-state index in [2.05, 4.69) is 11.1 Å². The van der Waals surface area contributed by atoms with Crippen molar-refractivity contribution in [1.82, 2.24) is 4.98 Å². The maximum absolute atomic E-state index is 5.64. The molecule has 2 rings (SSSR count). The highest BCUT2D eigenvalue weighted by molar-refractivity contribution is 5.80. The molecule has 0 aliphatic heterocycles. The van der Waals surface area contributed by atoms with Gasteiger partial charge >= 0.3 is 0 Å². The molecule has 0 aliphatic rings. The predicted molar refractivity (Wildman–Crippen MR) is 68.2 cm³/mol. The molecule has 0 aliphatic carbocycles. The number of pyridine rings is 1. The first-order valence-electron chi connectivity index (χ1n) is 5.84. The summed E-state index contributed by atoms with van der Waals surface area (Å²) in [6.07, 6.45) is -0.234. The average molecular weight is 231 g/mol. The summed E-state index contributed by atoms with van der Waals surface area (Å²) in [5.41, 5.74) is 1.96. The number of aryl methyl sites for hydroxylation is 1. The van der Waals surface area contributed by atoms with Gasteiger partial charge < -0.3 is 9.47 Å². The van der Waals surface area contributed by atoms with Gasteiger partial charge in [-0.2, -0.15) is 0 Å². The molecule has 1 unspecified atom stereocenters. The fourth-order valence-corrected chi connectivity index (χ4v) is 1.73. The summed E-state index contributed by atoms with van der Waals surface area (Å²) < 4.78 is 11.0. The van der Waals surface area contributed by atoms with Gasteiger partial charge in [0.25, 0.3) is 0 Å². The highest BCUT2D eigenvalue weighted by Gasteiger charge is 2.04. The van der Waals surface area contributed by atoms with E-state index >= 15 is 0 Å². The molecule has 90 valence electrons. The molecule has 1 atom stereocenters. The topological polar surface area (TPSA) is 31.4 Å². The van der Waals surface area contributed by atoms with Crippen LogP contribution in [0.3, 0.4) is 0 Å². The molecule has 17 heavy (non-hydrogen) atoms. The minimum atomic E-state index is -0.234. The van der Waals surface area contributed by atoms with Crippen molar-refractivity contribution in [2.75, 3.05) is 6.61 Å². The third kappa shape index (κ3) is 2.94. The molecular formula is C14H17NO2. The first kappa shape index (κ1) is 11.9. The number of hydrogen-bond acceptors (Lipinski definition) is 3. The average Bonchev–Trinajstić information content (AvgIpc) is 2.28. The molecule has 0 amide bonds. The van der Waals surface area contributed by atoms with Crippen molar-refractivity contribution >= 4 is 10.9 Å². The molecule has 1 aromatic heterocycles. The molecule has 0 spiro atoms. The fraction of sp³-hybridized carbons (Fsp3) is 0.357. The van der Waals surface area contributed by atoms with Crippen molar-refractivity contribution in [3.63, 3.8) is 0 Å². The molecule has 0 saturated heterocycles. The van der Waals surface area contributed by atoms with Crippen LogP contribution in [0.4, 0.5) is 0 Å². The normalized spacial score (nSPS) is 12.6. The lowest BCUT2D eigenvalue weighted by atomic mass is 10.2. The first-order chi connectivity index (χ1) is 8.19. The summed E-state index contributed by atoms with van der Waals surface area (Å²) in [4.78, 5) is 4.47. The largest absolute Gasteiger partial charge is 0.465 e. The van der Waals surface area contributed by atoms with Gasteiger partial charge in [-0.25, -0.2) is 0 Å². The van der Waals surface area contributed by atoms with E-state index in [4.69, 9.17) is 9.47 Å². The van der Waals surface area contributed by atoms with Crippen LogP contribution in [0.1, 0.15) is 19.5 Å². The Balaban J connectivity index is 2.24. The Kier molecular flexibility index (Phi) is 3.59. The Morgan fingerprint density at radius 3 is 2.76 bits per heavy atom. The standard InChI is InChI=1S/C14H17NO2/c1-4-16-11(3)17-13-8-7-12-6-5-10(2)15-14(12)9-13/h5-9,11H,4H2,1-3H3. The highest BCUT2D eigenvalue weighted by Crippen LogP contribution is 2.20. The lowest BCUT2D eigenvalue weighted by Crippen LogP contribution is -2.15. The van der Waals surface area contributed by atoms with Gasteiger partial charge in [0, 0.05) is 23.8 Å². The van der Waals surface area contributed by atoms with E-state index < -0.39 is 0 Å². The fourth-order valence-electron chi connectivity index (χ4n) is 1.73. The van der Waals surface area contributed by atoms with Crippen LogP contribution in [-0.4, -0.2) is 17.9 Å². The lowest BCUT2D eigenvalue weighted by Gasteiger charge is -2.14. The summed E-state index contributed by atoms with van der Waals surface area (Å²) >= 11 is 0. The van der Waals surface area contributed by atoms with Gasteiger partial charge in [0.05, 0.1) is 5.52 Å². The van der Waals surface area contributed by atoms with E-state index in [1.807, 2.05) is 45.0 Å². The third-order valence-electron chi connectivity index (χ3n) is 2.51. The van der Waals surface area contributed by atoms with Gasteiger partial charge in [-0.15, -0.1) is 0 Å². The SMILES string of the molecule is CCOC(C)Oc1ccc2ccc(C)nc2c1. The van der Waals surface area contributed by atoms with Crippen LogP contribution in [0.15, 0.2) is 30.3 Å². The first-order valence-corrected chi connectivity index (χ1v) is 5.84. The van der Waals surface area contributed by atoms with E-state index in [0.29, 0.717) is 6.61 Å². The molecule has 0 radical (unpaired) electrons. The minimum Gasteiger partial charge on any atom is -0.465 e. The Hall–Kier alpha value is -1.61. The number of nitrogens with zero attached hydrogens (tertiary/aromatic N) is 1. The quantitative estimate of drug-likeness (QED) is 0.756. The Morgan fingerprint density at radius 2 is 2.00 bits per heavy atom. The zero-order valence-electron chi connectivity index (χ0n) is 10.4. The van der Waals surface area contributed by atoms with Crippen LogP contribution >= 0.6 is 0 Å². The lowest BCUT2D eigenvalue weighted by molar-refractivity contribution is -0.0612. The Labute approximate surface area is 101 Å². The number of aromatic nitrogens is 1. The summed E-state index contributed by atoms with van der Waals surface area (Å²) in [6.45, 7) is 6.46. The van der Waals surface area contributed by atoms with Gasteiger partial charge in [0.15, 0.2) is 6.29 Å². The summed E-state index contributed by atoms with van der Waals surface area (Å²) in [5.74, 6) is 0.788. The molecule has 0 N–H and O–H groups in total. The zero-order chi connectivity index (χ0) is 12.3. The van der Waals surface area contributed by atoms with Gasteiger partial charge in [0.2, 0.25) is 0 Å². The monoisotopic (exact) mass is 231 g/mol. The molecule has 1 heterocycles. The van der Waals surface area contributed by atoms with Crippen LogP contribution in [0.5, 0.6) is 5.75 Å². The maximum Gasteiger partial charge on any atom is 0.196 e. The van der Waals surface area contributed by atoms with Crippen LogP contribution in [0, 0.1) is 6.92 Å². The van der Waals surface area contributed by atoms with Crippen molar-refractivity contribution in [3.05, 3.63) is 36.0 Å². The van der Waals surface area contributed by atoms with Gasteiger partial charge in [-0.1, -0.05) is 6.07 Å². The number of fused-ring (bicyclic) bond motifs is 1. The van der Waals surface area contributed by atoms with Crippen LogP contribution in [0.25, 0.3) is 10.9 Å². The summed E-state index contributed by atoms with van der Waals surface area (Å²) in [7, 11) is 0. The van der Waals surface area contributed by atoms with Gasteiger partial charge in [0.1, 0.15) is 5.75 Å². The number of ether oxygens (including phenoxy) is 2. The van der Waals surface area contributed by atoms with Crippen LogP contribution < -0.4 is 4.74 Å². The van der Waals surface area contributed by atoms with Gasteiger partial charge in [-0.3, -0.25) is 4.98 Å². The second-order valence-corrected chi connectivity index (χ2v) is 3.95. The molecular weight excluding hydrogens is 214 g/mol. The van der Waals surface area contributed by atoms with E-state index in [1.54, 1.807) is 0 Å². The molecule has 0 bridgehead atoms. The van der Waals surface area contributed by atoms with Crippen molar-refractivity contribution in [2.24, 2.45) is 0 Å². The van der Waals surface area contributed by atoms with Gasteiger partial charge in [-0.05, 0) is 39.0 Å². The Morgan fingerprint density at radius 1 is 1.24 bits per heavy atom. The summed E-state index contributed by atoms with van der Waals surface area (Å²) in [5, 5.41) is 1.12. The highest BCUT2D eigenvalue weighted by atomic mass is 16.7.